The van der Waals surface area contributed by atoms with Crippen molar-refractivity contribution in [3.63, 3.8) is 0 Å². The predicted octanol–water partition coefficient (Wildman–Crippen LogP) is 3.49. The predicted molar refractivity (Wildman–Crippen MR) is 63.6 cm³/mol. The van der Waals surface area contributed by atoms with Crippen LogP contribution in [0.15, 0.2) is 36.5 Å². The van der Waals surface area contributed by atoms with Gasteiger partial charge in [0.2, 0.25) is 0 Å². The van der Waals surface area contributed by atoms with Crippen LogP contribution in [-0.2, 0) is 6.18 Å². The van der Waals surface area contributed by atoms with Crippen LogP contribution in [-0.4, -0.2) is 13.6 Å². The third-order valence-electron chi connectivity index (χ3n) is 2.58. The fraction of sp³-hybridized carbons (Fsp3) is 0.273. The number of halogens is 4. The zero-order valence-corrected chi connectivity index (χ0v) is 10.6. The zero-order chi connectivity index (χ0) is 12.4. The molecule has 1 aromatic carbocycles. The second-order valence-electron chi connectivity index (χ2n) is 3.80. The molecule has 1 rings (SSSR count). The van der Waals surface area contributed by atoms with E-state index in [2.05, 4.69) is 6.58 Å². The molecule has 16 heavy (non-hydrogen) atoms. The lowest BCUT2D eigenvalue weighted by Crippen LogP contribution is -2.48. The molecule has 0 amide bonds. The first kappa shape index (κ1) is 13.3. The van der Waals surface area contributed by atoms with Gasteiger partial charge in [-0.1, -0.05) is 36.5 Å². The quantitative estimate of drug-likeness (QED) is 0.579. The van der Waals surface area contributed by atoms with Crippen LogP contribution in [0.3, 0.4) is 0 Å². The van der Waals surface area contributed by atoms with Gasteiger partial charge in [0, 0.05) is 5.50 Å². The van der Waals surface area contributed by atoms with E-state index >= 15 is 0 Å². The van der Waals surface area contributed by atoms with Crippen molar-refractivity contribution in [2.75, 3.05) is 5.50 Å². The molecule has 0 spiro atoms. The average Bonchev–Trinajstić information content (AvgIpc) is 2.27. The molecule has 1 atom stereocenters. The van der Waals surface area contributed by atoms with Gasteiger partial charge in [0.05, 0.1) is 5.56 Å². The van der Waals surface area contributed by atoms with E-state index < -0.39 is 19.8 Å². The van der Waals surface area contributed by atoms with E-state index in [1.807, 2.05) is 0 Å². The van der Waals surface area contributed by atoms with E-state index in [-0.39, 0.29) is 5.50 Å². The molecule has 1 aromatic rings. The normalized spacial score (nSPS) is 15.6. The number of rotatable bonds is 3. The molecule has 5 heteroatoms. The summed E-state index contributed by atoms with van der Waals surface area (Å²) >= 11 is 5.79. The molecular weight excluding hydrogens is 253 g/mol. The van der Waals surface area contributed by atoms with Crippen LogP contribution in [0.2, 0.25) is 6.55 Å². The molecule has 0 bridgehead atoms. The van der Waals surface area contributed by atoms with Crippen molar-refractivity contribution in [3.8, 4) is 0 Å². The first-order valence-corrected chi connectivity index (χ1v) is 8.03. The highest BCUT2D eigenvalue weighted by Crippen LogP contribution is 2.29. The summed E-state index contributed by atoms with van der Waals surface area (Å²) in [5, 5.41) is 0.299. The van der Waals surface area contributed by atoms with Crippen LogP contribution in [0, 0.1) is 0 Å². The SMILES string of the molecule is C=C[Si](C)(CCl)c1ccccc1C(F)(F)F. The Kier molecular flexibility index (Phi) is 3.86. The van der Waals surface area contributed by atoms with Gasteiger partial charge in [-0.05, 0) is 5.19 Å². The molecule has 0 aliphatic carbocycles. The fourth-order valence-corrected chi connectivity index (χ4v) is 4.01. The van der Waals surface area contributed by atoms with Crippen molar-refractivity contribution in [1.82, 2.24) is 0 Å². The molecule has 0 nitrogen and oxygen atoms in total. The third kappa shape index (κ3) is 2.49. The summed E-state index contributed by atoms with van der Waals surface area (Å²) in [4.78, 5) is 0. The lowest BCUT2D eigenvalue weighted by atomic mass is 10.2. The van der Waals surface area contributed by atoms with Gasteiger partial charge < -0.3 is 0 Å². The molecule has 0 heterocycles. The molecule has 0 fully saturated rings. The summed E-state index contributed by atoms with van der Waals surface area (Å²) in [6.07, 6.45) is -4.33. The molecule has 0 radical (unpaired) electrons. The van der Waals surface area contributed by atoms with Crippen LogP contribution in [0.25, 0.3) is 0 Å². The molecule has 0 saturated heterocycles. The Morgan fingerprint density at radius 2 is 1.94 bits per heavy atom. The van der Waals surface area contributed by atoms with Gasteiger partial charge in [0.15, 0.2) is 0 Å². The van der Waals surface area contributed by atoms with Gasteiger partial charge in [-0.2, -0.15) is 13.2 Å². The second-order valence-corrected chi connectivity index (χ2v) is 8.65. The molecule has 0 saturated carbocycles. The van der Waals surface area contributed by atoms with Crippen LogP contribution in [0.5, 0.6) is 0 Å². The summed E-state index contributed by atoms with van der Waals surface area (Å²) < 4.78 is 38.4. The number of alkyl halides is 4. The minimum Gasteiger partial charge on any atom is -0.166 e. The summed E-state index contributed by atoms with van der Waals surface area (Å²) in [7, 11) is -2.42. The Labute approximate surface area is 98.7 Å². The Morgan fingerprint density at radius 3 is 2.38 bits per heavy atom. The van der Waals surface area contributed by atoms with Crippen molar-refractivity contribution in [2.45, 2.75) is 12.7 Å². The van der Waals surface area contributed by atoms with Crippen LogP contribution >= 0.6 is 11.6 Å². The highest BCUT2D eigenvalue weighted by molar-refractivity contribution is 6.99. The molecule has 0 aromatic heterocycles. The fourth-order valence-electron chi connectivity index (χ4n) is 1.46. The maximum Gasteiger partial charge on any atom is 0.416 e. The summed E-state index contributed by atoms with van der Waals surface area (Å²) in [6.45, 7) is 5.39. The minimum atomic E-state index is -4.33. The van der Waals surface area contributed by atoms with Gasteiger partial charge in [0.25, 0.3) is 0 Å². The number of hydrogen-bond acceptors (Lipinski definition) is 0. The van der Waals surface area contributed by atoms with Crippen LogP contribution < -0.4 is 5.19 Å². The van der Waals surface area contributed by atoms with Gasteiger partial charge in [-0.15, -0.1) is 18.2 Å². The summed E-state index contributed by atoms with van der Waals surface area (Å²) in [5.41, 5.74) is 1.19. The van der Waals surface area contributed by atoms with Crippen molar-refractivity contribution in [1.29, 1.82) is 0 Å². The maximum absolute atomic E-state index is 12.8. The number of benzene rings is 1. The van der Waals surface area contributed by atoms with E-state index in [0.717, 1.165) is 6.07 Å². The zero-order valence-electron chi connectivity index (χ0n) is 8.81. The minimum absolute atomic E-state index is 0.198. The first-order chi connectivity index (χ1) is 7.35. The van der Waals surface area contributed by atoms with Crippen molar-refractivity contribution in [2.24, 2.45) is 0 Å². The molecule has 1 unspecified atom stereocenters. The molecular formula is C11H12ClF3Si. The second kappa shape index (κ2) is 4.63. The molecule has 0 N–H and O–H groups in total. The standard InChI is InChI=1S/C11H12ClF3Si/c1-3-16(2,8-12)10-7-5-4-6-9(10)11(13,14)15/h3-7H,1,8H2,2H3. The lowest BCUT2D eigenvalue weighted by Gasteiger charge is -2.24. The summed E-state index contributed by atoms with van der Waals surface area (Å²) in [5.74, 6) is 0. The Balaban J connectivity index is 3.39. The highest BCUT2D eigenvalue weighted by atomic mass is 35.5. The van der Waals surface area contributed by atoms with Gasteiger partial charge >= 0.3 is 6.18 Å². The van der Waals surface area contributed by atoms with Gasteiger partial charge in [-0.25, -0.2) is 0 Å². The Hall–Kier alpha value is -0.743. The van der Waals surface area contributed by atoms with Crippen LogP contribution in [0.1, 0.15) is 5.56 Å². The summed E-state index contributed by atoms with van der Waals surface area (Å²) in [6, 6.07) is 5.58. The molecule has 0 aliphatic heterocycles. The topological polar surface area (TPSA) is 0 Å². The maximum atomic E-state index is 12.8. The third-order valence-corrected chi connectivity index (χ3v) is 7.36. The average molecular weight is 265 g/mol. The highest BCUT2D eigenvalue weighted by Gasteiger charge is 2.38. The first-order valence-electron chi connectivity index (χ1n) is 4.71. The Bertz CT molecular complexity index is 389. The molecule has 88 valence electrons. The van der Waals surface area contributed by atoms with E-state index in [4.69, 9.17) is 11.6 Å². The van der Waals surface area contributed by atoms with Crippen LogP contribution in [0.4, 0.5) is 13.2 Å². The van der Waals surface area contributed by atoms with E-state index in [1.165, 1.54) is 12.1 Å². The van der Waals surface area contributed by atoms with E-state index in [0.29, 0.717) is 5.19 Å². The van der Waals surface area contributed by atoms with Crippen molar-refractivity contribution < 1.29 is 13.2 Å². The smallest absolute Gasteiger partial charge is 0.166 e. The van der Waals surface area contributed by atoms with Gasteiger partial charge in [0.1, 0.15) is 8.07 Å². The van der Waals surface area contributed by atoms with Crippen molar-refractivity contribution >= 4 is 24.9 Å². The van der Waals surface area contributed by atoms with E-state index in [1.54, 1.807) is 18.3 Å². The monoisotopic (exact) mass is 264 g/mol. The van der Waals surface area contributed by atoms with Crippen molar-refractivity contribution in [3.05, 3.63) is 42.1 Å². The van der Waals surface area contributed by atoms with E-state index in [9.17, 15) is 13.2 Å². The van der Waals surface area contributed by atoms with Gasteiger partial charge in [-0.3, -0.25) is 0 Å². The largest absolute Gasteiger partial charge is 0.416 e. The Morgan fingerprint density at radius 1 is 1.38 bits per heavy atom. The number of hydrogen-bond donors (Lipinski definition) is 0. The lowest BCUT2D eigenvalue weighted by molar-refractivity contribution is -0.136. The molecule has 0 aliphatic rings.